The van der Waals surface area contributed by atoms with Crippen LogP contribution in [0.5, 0.6) is 0 Å². The lowest BCUT2D eigenvalue weighted by Gasteiger charge is -2.02. The number of aromatic amines is 1. The molecule has 0 aliphatic heterocycles. The maximum Gasteiger partial charge on any atom is 0.137 e. The van der Waals surface area contributed by atoms with Crippen LogP contribution in [0.2, 0.25) is 0 Å². The fourth-order valence-electron chi connectivity index (χ4n) is 2.25. The van der Waals surface area contributed by atoms with E-state index in [-0.39, 0.29) is 0 Å². The number of fused-ring (bicyclic) bond motifs is 1. The van der Waals surface area contributed by atoms with Gasteiger partial charge in [0, 0.05) is 29.4 Å². The van der Waals surface area contributed by atoms with Crippen molar-refractivity contribution in [2.75, 3.05) is 0 Å². The smallest absolute Gasteiger partial charge is 0.137 e. The Bertz CT molecular complexity index is 792. The van der Waals surface area contributed by atoms with Gasteiger partial charge in [0.1, 0.15) is 5.65 Å². The zero-order valence-corrected chi connectivity index (χ0v) is 10.9. The fraction of sp³-hybridized carbons (Fsp3) is 0.0588. The van der Waals surface area contributed by atoms with Crippen molar-refractivity contribution in [1.82, 2.24) is 9.97 Å². The highest BCUT2D eigenvalue weighted by atomic mass is 14.8. The molecule has 0 aliphatic carbocycles. The molecule has 96 valence electrons. The van der Waals surface area contributed by atoms with Crippen LogP contribution in [0.4, 0.5) is 0 Å². The molecular weight excluding hydrogens is 246 g/mol. The third kappa shape index (κ3) is 2.32. The predicted molar refractivity (Wildman–Crippen MR) is 80.0 cm³/mol. The van der Waals surface area contributed by atoms with Gasteiger partial charge >= 0.3 is 0 Å². The lowest BCUT2D eigenvalue weighted by atomic mass is 10.0. The van der Waals surface area contributed by atoms with E-state index >= 15 is 0 Å². The molecule has 3 rings (SSSR count). The molecule has 3 nitrogen and oxygen atoms in total. The molecule has 0 fully saturated rings. The Balaban J connectivity index is 2.04. The minimum absolute atomic E-state index is 0.730. The first-order chi connectivity index (χ1) is 9.88. The number of nitrogens with zero attached hydrogens (tertiary/aromatic N) is 2. The number of aromatic nitrogens is 2. The van der Waals surface area contributed by atoms with Crippen molar-refractivity contribution in [3.63, 3.8) is 0 Å². The van der Waals surface area contributed by atoms with Crippen LogP contribution < -0.4 is 0 Å². The Labute approximate surface area is 117 Å². The largest absolute Gasteiger partial charge is 0.346 e. The number of allylic oxidation sites excluding steroid dienone is 2. The summed E-state index contributed by atoms with van der Waals surface area (Å²) in [5, 5.41) is 9.65. The van der Waals surface area contributed by atoms with Gasteiger partial charge in [0.15, 0.2) is 0 Å². The fourth-order valence-corrected chi connectivity index (χ4v) is 2.25. The van der Waals surface area contributed by atoms with E-state index in [1.807, 2.05) is 42.7 Å². The first kappa shape index (κ1) is 12.2. The van der Waals surface area contributed by atoms with Crippen LogP contribution in [0.15, 0.2) is 60.9 Å². The number of hydrogen-bond acceptors (Lipinski definition) is 2. The van der Waals surface area contributed by atoms with Gasteiger partial charge in [0.2, 0.25) is 0 Å². The normalized spacial score (nSPS) is 10.9. The summed E-state index contributed by atoms with van der Waals surface area (Å²) in [6, 6.07) is 14.3. The van der Waals surface area contributed by atoms with Crippen molar-refractivity contribution in [3.8, 4) is 17.2 Å². The quantitative estimate of drug-likeness (QED) is 0.726. The summed E-state index contributed by atoms with van der Waals surface area (Å²) in [6.45, 7) is 0. The van der Waals surface area contributed by atoms with E-state index in [9.17, 15) is 0 Å². The van der Waals surface area contributed by atoms with Gasteiger partial charge in [-0.1, -0.05) is 36.4 Å². The molecule has 2 aromatic heterocycles. The predicted octanol–water partition coefficient (Wildman–Crippen LogP) is 3.85. The molecule has 0 saturated carbocycles. The second kappa shape index (κ2) is 5.41. The Morgan fingerprint density at radius 2 is 2.05 bits per heavy atom. The Hall–Kier alpha value is -2.86. The number of rotatable bonds is 3. The van der Waals surface area contributed by atoms with Crippen LogP contribution in [0.1, 0.15) is 5.56 Å². The molecule has 1 aromatic carbocycles. The van der Waals surface area contributed by atoms with Gasteiger partial charge < -0.3 is 4.98 Å². The molecule has 0 bridgehead atoms. The minimum Gasteiger partial charge on any atom is -0.346 e. The van der Waals surface area contributed by atoms with Crippen molar-refractivity contribution in [3.05, 3.63) is 66.5 Å². The van der Waals surface area contributed by atoms with Crippen molar-refractivity contribution in [2.24, 2.45) is 0 Å². The summed E-state index contributed by atoms with van der Waals surface area (Å²) in [7, 11) is 0. The van der Waals surface area contributed by atoms with Crippen LogP contribution in [0, 0.1) is 11.3 Å². The van der Waals surface area contributed by atoms with Crippen LogP contribution >= 0.6 is 0 Å². The highest BCUT2D eigenvalue weighted by molar-refractivity contribution is 5.84. The first-order valence-corrected chi connectivity index (χ1v) is 6.44. The maximum absolute atomic E-state index is 8.54. The molecule has 0 amide bonds. The molecule has 0 atom stereocenters. The number of H-pyrrole nitrogens is 1. The Kier molecular flexibility index (Phi) is 3.30. The second-order valence-corrected chi connectivity index (χ2v) is 4.54. The number of benzene rings is 1. The third-order valence-corrected chi connectivity index (χ3v) is 3.25. The van der Waals surface area contributed by atoms with Gasteiger partial charge in [-0.05, 0) is 23.6 Å². The van der Waals surface area contributed by atoms with Gasteiger partial charge in [-0.2, -0.15) is 5.26 Å². The summed E-state index contributed by atoms with van der Waals surface area (Å²) >= 11 is 0. The van der Waals surface area contributed by atoms with Crippen molar-refractivity contribution >= 4 is 11.0 Å². The zero-order valence-electron chi connectivity index (χ0n) is 10.9. The van der Waals surface area contributed by atoms with E-state index in [1.165, 1.54) is 6.08 Å². The molecule has 0 radical (unpaired) electrons. The lowest BCUT2D eigenvalue weighted by Crippen LogP contribution is -1.83. The number of nitriles is 1. The molecular formula is C17H13N3. The van der Waals surface area contributed by atoms with E-state index in [4.69, 9.17) is 5.26 Å². The second-order valence-electron chi connectivity index (χ2n) is 4.54. The summed E-state index contributed by atoms with van der Waals surface area (Å²) in [4.78, 5) is 7.63. The van der Waals surface area contributed by atoms with Crippen molar-refractivity contribution in [2.45, 2.75) is 6.42 Å². The molecule has 3 aromatic rings. The van der Waals surface area contributed by atoms with E-state index in [2.05, 4.69) is 28.2 Å². The average molecular weight is 259 g/mol. The van der Waals surface area contributed by atoms with E-state index in [1.54, 1.807) is 0 Å². The van der Waals surface area contributed by atoms with Gasteiger partial charge in [-0.15, -0.1) is 0 Å². The SMILES string of the molecule is N#CC=CCc1c[nH]c2ncc(-c3ccccc3)cc12. The van der Waals surface area contributed by atoms with Gasteiger partial charge in [-0.25, -0.2) is 4.98 Å². The van der Waals surface area contributed by atoms with E-state index < -0.39 is 0 Å². The van der Waals surface area contributed by atoms with Gasteiger partial charge in [-0.3, -0.25) is 0 Å². The van der Waals surface area contributed by atoms with E-state index in [0.717, 1.165) is 34.1 Å². The molecule has 0 aliphatic rings. The van der Waals surface area contributed by atoms with Crippen molar-refractivity contribution in [1.29, 1.82) is 5.26 Å². The Morgan fingerprint density at radius 3 is 2.85 bits per heavy atom. The highest BCUT2D eigenvalue weighted by Crippen LogP contribution is 2.24. The third-order valence-electron chi connectivity index (χ3n) is 3.25. The average Bonchev–Trinajstić information content (AvgIpc) is 2.91. The molecule has 0 spiro atoms. The number of pyridine rings is 1. The highest BCUT2D eigenvalue weighted by Gasteiger charge is 2.05. The summed E-state index contributed by atoms with van der Waals surface area (Å²) in [6.07, 6.45) is 7.93. The molecule has 0 unspecified atom stereocenters. The number of nitrogens with one attached hydrogen (secondary N) is 1. The summed E-state index contributed by atoms with van der Waals surface area (Å²) < 4.78 is 0. The standard InChI is InChI=1S/C17H13N3/c18-9-5-4-8-14-11-19-17-16(14)10-15(12-20-17)13-6-2-1-3-7-13/h1-7,10-12H,8H2,(H,19,20). The zero-order chi connectivity index (χ0) is 13.8. The molecule has 20 heavy (non-hydrogen) atoms. The first-order valence-electron chi connectivity index (χ1n) is 6.44. The topological polar surface area (TPSA) is 52.5 Å². The maximum atomic E-state index is 8.54. The Morgan fingerprint density at radius 1 is 1.20 bits per heavy atom. The van der Waals surface area contributed by atoms with Gasteiger partial charge in [0.05, 0.1) is 6.07 Å². The van der Waals surface area contributed by atoms with Crippen molar-refractivity contribution < 1.29 is 0 Å². The van der Waals surface area contributed by atoms with Crippen LogP contribution in [-0.4, -0.2) is 9.97 Å². The molecule has 1 N–H and O–H groups in total. The van der Waals surface area contributed by atoms with E-state index in [0.29, 0.717) is 0 Å². The summed E-state index contributed by atoms with van der Waals surface area (Å²) in [5.74, 6) is 0. The molecule has 2 heterocycles. The van der Waals surface area contributed by atoms with Crippen LogP contribution in [0.25, 0.3) is 22.2 Å². The van der Waals surface area contributed by atoms with Crippen LogP contribution in [-0.2, 0) is 6.42 Å². The summed E-state index contributed by atoms with van der Waals surface area (Å²) in [5.41, 5.74) is 4.28. The molecule has 3 heteroatoms. The van der Waals surface area contributed by atoms with Crippen LogP contribution in [0.3, 0.4) is 0 Å². The molecule has 0 saturated heterocycles. The minimum atomic E-state index is 0.730. The monoisotopic (exact) mass is 259 g/mol. The lowest BCUT2D eigenvalue weighted by molar-refractivity contribution is 1.28. The van der Waals surface area contributed by atoms with Gasteiger partial charge in [0.25, 0.3) is 0 Å². The number of hydrogen-bond donors (Lipinski definition) is 1.